The van der Waals surface area contributed by atoms with Crippen molar-refractivity contribution >= 4 is 29.5 Å². The van der Waals surface area contributed by atoms with Crippen LogP contribution in [0.4, 0.5) is 0 Å². The molecule has 2 amide bonds. The molecule has 4 rings (SSSR count). The molecule has 0 aromatic carbocycles. The molecule has 158 valence electrons. The summed E-state index contributed by atoms with van der Waals surface area (Å²) in [7, 11) is 0. The summed E-state index contributed by atoms with van der Waals surface area (Å²) in [4.78, 5) is 43.5. The van der Waals surface area contributed by atoms with Crippen LogP contribution in [0.3, 0.4) is 0 Å². The van der Waals surface area contributed by atoms with E-state index < -0.39 is 22.6 Å². The fraction of sp³-hybridized carbons (Fsp3) is 0.667. The van der Waals surface area contributed by atoms with Crippen molar-refractivity contribution in [2.24, 2.45) is 11.8 Å². The van der Waals surface area contributed by atoms with Gasteiger partial charge in [-0.2, -0.15) is 0 Å². The molecule has 4 heterocycles. The Morgan fingerprint density at radius 1 is 1.24 bits per heavy atom. The van der Waals surface area contributed by atoms with Crippen molar-refractivity contribution in [3.63, 3.8) is 0 Å². The maximum Gasteiger partial charge on any atom is 0.311 e. The molecule has 8 heteroatoms. The van der Waals surface area contributed by atoms with Crippen molar-refractivity contribution in [1.82, 2.24) is 9.80 Å². The number of amides is 2. The standard InChI is InChI=1S/C21H28N2O5S/c1-13(2)22-10-6-8-21-16(15-14(29-21)7-5-12-28-20(15)27)18(25)23(9-3-4-11-24)17(21)19(22)26/h5-8,13-17,24H,3-4,9-12H2,1-2H3/t14-,15+,16+,17?,21+/m1/s1. The van der Waals surface area contributed by atoms with Crippen LogP contribution in [0.5, 0.6) is 0 Å². The molecule has 2 fully saturated rings. The second-order valence-corrected chi connectivity index (χ2v) is 9.84. The van der Waals surface area contributed by atoms with E-state index in [0.717, 1.165) is 0 Å². The van der Waals surface area contributed by atoms with Crippen LogP contribution in [-0.2, 0) is 19.1 Å². The van der Waals surface area contributed by atoms with Gasteiger partial charge in [0.15, 0.2) is 0 Å². The largest absolute Gasteiger partial charge is 0.461 e. The SMILES string of the molecule is CC(C)N1CC=C[C@]23S[C@@H]4C=CCOC(=O)[C@@H]4[C@H]2C(=O)N(CCCCO)C3C1=O. The number of hydrogen-bond acceptors (Lipinski definition) is 6. The maximum absolute atomic E-state index is 13.6. The van der Waals surface area contributed by atoms with Crippen LogP contribution in [0.2, 0.25) is 0 Å². The summed E-state index contributed by atoms with van der Waals surface area (Å²) in [5.41, 5.74) is 0. The Kier molecular flexibility index (Phi) is 5.50. The zero-order valence-electron chi connectivity index (χ0n) is 16.8. The van der Waals surface area contributed by atoms with Gasteiger partial charge in [-0.25, -0.2) is 0 Å². The number of likely N-dealkylation sites (tertiary alicyclic amines) is 1. The first kappa shape index (κ1) is 20.5. The summed E-state index contributed by atoms with van der Waals surface area (Å²) in [5.74, 6) is -1.77. The van der Waals surface area contributed by atoms with E-state index in [4.69, 9.17) is 9.84 Å². The van der Waals surface area contributed by atoms with Crippen molar-refractivity contribution in [1.29, 1.82) is 0 Å². The van der Waals surface area contributed by atoms with E-state index in [-0.39, 0.29) is 42.3 Å². The Morgan fingerprint density at radius 2 is 2.03 bits per heavy atom. The smallest absolute Gasteiger partial charge is 0.311 e. The van der Waals surface area contributed by atoms with E-state index in [1.165, 1.54) is 0 Å². The average Bonchev–Trinajstić information content (AvgIpc) is 2.96. The van der Waals surface area contributed by atoms with Gasteiger partial charge >= 0.3 is 5.97 Å². The van der Waals surface area contributed by atoms with Crippen molar-refractivity contribution in [2.75, 3.05) is 26.3 Å². The minimum absolute atomic E-state index is 0.0116. The molecular weight excluding hydrogens is 392 g/mol. The Bertz CT molecular complexity index is 766. The third-order valence-electron chi connectivity index (χ3n) is 6.38. The lowest BCUT2D eigenvalue weighted by Gasteiger charge is -2.36. The molecule has 0 aliphatic carbocycles. The first-order chi connectivity index (χ1) is 13.9. The number of thioether (sulfide) groups is 1. The van der Waals surface area contributed by atoms with Crippen molar-refractivity contribution in [2.45, 2.75) is 48.8 Å². The second-order valence-electron chi connectivity index (χ2n) is 8.35. The van der Waals surface area contributed by atoms with Crippen LogP contribution in [0.25, 0.3) is 0 Å². The number of rotatable bonds is 5. The molecule has 0 aromatic rings. The predicted octanol–water partition coefficient (Wildman–Crippen LogP) is 0.976. The highest BCUT2D eigenvalue weighted by Gasteiger charge is 2.71. The van der Waals surface area contributed by atoms with E-state index in [2.05, 4.69) is 0 Å². The molecule has 1 spiro atoms. The van der Waals surface area contributed by atoms with Crippen molar-refractivity contribution in [3.8, 4) is 0 Å². The van der Waals surface area contributed by atoms with Gasteiger partial charge in [0.2, 0.25) is 11.8 Å². The number of aliphatic hydroxyl groups excluding tert-OH is 1. The molecule has 4 aliphatic rings. The fourth-order valence-electron chi connectivity index (χ4n) is 5.08. The highest BCUT2D eigenvalue weighted by molar-refractivity contribution is 8.02. The highest BCUT2D eigenvalue weighted by Crippen LogP contribution is 2.60. The van der Waals surface area contributed by atoms with Crippen molar-refractivity contribution < 1.29 is 24.2 Å². The summed E-state index contributed by atoms with van der Waals surface area (Å²) >= 11 is 1.56. The van der Waals surface area contributed by atoms with E-state index in [0.29, 0.717) is 25.9 Å². The second kappa shape index (κ2) is 7.80. The molecule has 1 N–H and O–H groups in total. The minimum atomic E-state index is -0.771. The Labute approximate surface area is 175 Å². The molecule has 0 radical (unpaired) electrons. The molecule has 0 saturated carbocycles. The van der Waals surface area contributed by atoms with Crippen LogP contribution in [0.15, 0.2) is 24.3 Å². The number of esters is 1. The molecule has 29 heavy (non-hydrogen) atoms. The summed E-state index contributed by atoms with van der Waals surface area (Å²) in [6.45, 7) is 5.11. The number of ether oxygens (including phenoxy) is 1. The van der Waals surface area contributed by atoms with Gasteiger partial charge in [0.1, 0.15) is 12.6 Å². The number of fused-ring (bicyclic) bond motifs is 2. The number of unbranched alkanes of at least 4 members (excludes halogenated alkanes) is 1. The number of hydrogen-bond donors (Lipinski definition) is 1. The highest BCUT2D eigenvalue weighted by atomic mass is 32.2. The summed E-state index contributed by atoms with van der Waals surface area (Å²) in [6, 6.07) is -0.629. The van der Waals surface area contributed by atoms with Crippen LogP contribution in [0.1, 0.15) is 26.7 Å². The first-order valence-electron chi connectivity index (χ1n) is 10.3. The van der Waals surface area contributed by atoms with Crippen LogP contribution >= 0.6 is 11.8 Å². The number of carbonyl (C=O) groups excluding carboxylic acids is 3. The van der Waals surface area contributed by atoms with Gasteiger partial charge in [-0.3, -0.25) is 14.4 Å². The minimum Gasteiger partial charge on any atom is -0.461 e. The predicted molar refractivity (Wildman–Crippen MR) is 109 cm³/mol. The van der Waals surface area contributed by atoms with E-state index in [1.54, 1.807) is 21.6 Å². The lowest BCUT2D eigenvalue weighted by molar-refractivity contribution is -0.151. The van der Waals surface area contributed by atoms with Gasteiger partial charge in [0, 0.05) is 31.0 Å². The van der Waals surface area contributed by atoms with Gasteiger partial charge in [0.25, 0.3) is 0 Å². The normalized spacial score (nSPS) is 36.1. The topological polar surface area (TPSA) is 87.2 Å². The summed E-state index contributed by atoms with van der Waals surface area (Å²) in [6.07, 6.45) is 8.95. The Morgan fingerprint density at radius 3 is 2.76 bits per heavy atom. The fourth-order valence-corrected chi connectivity index (χ4v) is 7.09. The monoisotopic (exact) mass is 420 g/mol. The number of carbonyl (C=O) groups is 3. The van der Waals surface area contributed by atoms with Gasteiger partial charge < -0.3 is 19.6 Å². The Hall–Kier alpha value is -1.80. The Balaban J connectivity index is 1.79. The zero-order chi connectivity index (χ0) is 20.8. The van der Waals surface area contributed by atoms with Crippen molar-refractivity contribution in [3.05, 3.63) is 24.3 Å². The van der Waals surface area contributed by atoms with E-state index in [1.807, 2.05) is 38.2 Å². The lowest BCUT2D eigenvalue weighted by Crippen LogP contribution is -2.54. The number of aliphatic hydroxyl groups is 1. The van der Waals surface area contributed by atoms with Gasteiger partial charge in [-0.15, -0.1) is 11.8 Å². The lowest BCUT2D eigenvalue weighted by atomic mass is 9.78. The van der Waals surface area contributed by atoms with Crippen LogP contribution in [-0.4, -0.2) is 81.1 Å². The number of nitrogens with zero attached hydrogens (tertiary/aromatic N) is 2. The van der Waals surface area contributed by atoms with E-state index in [9.17, 15) is 14.4 Å². The molecule has 0 aromatic heterocycles. The average molecular weight is 421 g/mol. The van der Waals surface area contributed by atoms with Gasteiger partial charge in [-0.1, -0.05) is 24.3 Å². The summed E-state index contributed by atoms with van der Waals surface area (Å²) < 4.78 is 4.57. The van der Waals surface area contributed by atoms with E-state index >= 15 is 0 Å². The van der Waals surface area contributed by atoms with Gasteiger partial charge in [0.05, 0.1) is 16.6 Å². The third-order valence-corrected chi connectivity index (χ3v) is 8.12. The maximum atomic E-state index is 13.6. The molecule has 1 unspecified atom stereocenters. The molecule has 7 nitrogen and oxygen atoms in total. The van der Waals surface area contributed by atoms with Crippen LogP contribution < -0.4 is 0 Å². The zero-order valence-corrected chi connectivity index (χ0v) is 17.6. The molecule has 5 atom stereocenters. The molecular formula is C21H28N2O5S. The quantitative estimate of drug-likeness (QED) is 0.405. The summed E-state index contributed by atoms with van der Waals surface area (Å²) in [5, 5.41) is 8.99. The van der Waals surface area contributed by atoms with Crippen LogP contribution in [0, 0.1) is 11.8 Å². The molecule has 4 aliphatic heterocycles. The van der Waals surface area contributed by atoms with Gasteiger partial charge in [-0.05, 0) is 26.7 Å². The number of cyclic esters (lactones) is 1. The first-order valence-corrected chi connectivity index (χ1v) is 11.2. The third kappa shape index (κ3) is 3.11. The molecule has 2 saturated heterocycles. The molecule has 0 bridgehead atoms.